The Hall–Kier alpha value is -2.40. The third kappa shape index (κ3) is 6.55. The molecule has 1 heterocycles. The van der Waals surface area contributed by atoms with Crippen molar-refractivity contribution in [2.75, 3.05) is 39.3 Å². The van der Waals surface area contributed by atoms with Crippen LogP contribution in [-0.4, -0.2) is 50.1 Å². The van der Waals surface area contributed by atoms with Crippen LogP contribution in [0.2, 0.25) is 0 Å². The van der Waals surface area contributed by atoms with E-state index in [0.717, 1.165) is 43.9 Å². The van der Waals surface area contributed by atoms with Gasteiger partial charge in [0.2, 0.25) is 0 Å². The summed E-state index contributed by atoms with van der Waals surface area (Å²) in [7, 11) is 0. The number of nitrogens with one attached hydrogen (secondary N) is 3. The molecule has 7 heteroatoms. The Morgan fingerprint density at radius 3 is 2.84 bits per heavy atom. The van der Waals surface area contributed by atoms with Gasteiger partial charge < -0.3 is 21.7 Å². The first kappa shape index (κ1) is 18.9. The fraction of sp³-hybridized carbons (Fsp3) is 0.444. The molecule has 1 aliphatic heterocycles. The quantitative estimate of drug-likeness (QED) is 0.381. The molecule has 1 saturated heterocycles. The van der Waals surface area contributed by atoms with E-state index in [2.05, 4.69) is 20.9 Å². The second-order valence-corrected chi connectivity index (χ2v) is 5.92. The van der Waals surface area contributed by atoms with Crippen LogP contribution >= 0.6 is 0 Å². The molecule has 0 radical (unpaired) electrons. The zero-order valence-corrected chi connectivity index (χ0v) is 14.4. The predicted octanol–water partition coefficient (Wildman–Crippen LogP) is -0.336. The van der Waals surface area contributed by atoms with Crippen LogP contribution in [0.4, 0.5) is 0 Å². The number of nitriles is 1. The molecule has 0 saturated carbocycles. The van der Waals surface area contributed by atoms with Crippen molar-refractivity contribution >= 4 is 5.91 Å². The summed E-state index contributed by atoms with van der Waals surface area (Å²) in [5.74, 6) is -0.346. The van der Waals surface area contributed by atoms with E-state index in [0.29, 0.717) is 19.6 Å². The van der Waals surface area contributed by atoms with Crippen molar-refractivity contribution in [3.63, 3.8) is 0 Å². The lowest BCUT2D eigenvalue weighted by Gasteiger charge is -2.27. The number of rotatable bonds is 8. The van der Waals surface area contributed by atoms with Crippen LogP contribution < -0.4 is 21.7 Å². The minimum absolute atomic E-state index is 0.0790. The molecule has 2 rings (SSSR count). The van der Waals surface area contributed by atoms with Gasteiger partial charge in [-0.25, -0.2) is 0 Å². The lowest BCUT2D eigenvalue weighted by molar-refractivity contribution is -0.117. The normalized spacial score (nSPS) is 15.4. The van der Waals surface area contributed by atoms with Crippen molar-refractivity contribution in [3.8, 4) is 6.07 Å². The molecule has 1 amide bonds. The number of benzene rings is 1. The van der Waals surface area contributed by atoms with Crippen LogP contribution in [0.3, 0.4) is 0 Å². The summed E-state index contributed by atoms with van der Waals surface area (Å²) in [5, 5.41) is 18.3. The number of carbonyl (C=O) groups is 1. The summed E-state index contributed by atoms with van der Waals surface area (Å²) in [6.07, 6.45) is 1.47. The van der Waals surface area contributed by atoms with Gasteiger partial charge in [-0.2, -0.15) is 5.26 Å². The van der Waals surface area contributed by atoms with E-state index >= 15 is 0 Å². The summed E-state index contributed by atoms with van der Waals surface area (Å²) >= 11 is 0. The van der Waals surface area contributed by atoms with Gasteiger partial charge >= 0.3 is 0 Å². The lowest BCUT2D eigenvalue weighted by atomic mass is 10.1. The monoisotopic (exact) mass is 342 g/mol. The van der Waals surface area contributed by atoms with Gasteiger partial charge in [0.25, 0.3) is 5.91 Å². The SMILES string of the molecule is N#C/C(=C/NCc1cccc(CN)c1)C(=O)NCCN1CCNCC1. The molecule has 0 unspecified atom stereocenters. The fourth-order valence-electron chi connectivity index (χ4n) is 2.64. The van der Waals surface area contributed by atoms with Crippen molar-refractivity contribution in [1.29, 1.82) is 5.26 Å². The molecule has 25 heavy (non-hydrogen) atoms. The predicted molar refractivity (Wildman–Crippen MR) is 97.2 cm³/mol. The Labute approximate surface area is 148 Å². The lowest BCUT2D eigenvalue weighted by Crippen LogP contribution is -2.46. The van der Waals surface area contributed by atoms with Crippen LogP contribution in [0.15, 0.2) is 36.0 Å². The van der Waals surface area contributed by atoms with Crippen LogP contribution in [0.1, 0.15) is 11.1 Å². The largest absolute Gasteiger partial charge is 0.386 e. The highest BCUT2D eigenvalue weighted by molar-refractivity contribution is 5.97. The second kappa shape index (κ2) is 10.5. The van der Waals surface area contributed by atoms with Gasteiger partial charge in [0.15, 0.2) is 0 Å². The van der Waals surface area contributed by atoms with E-state index in [1.165, 1.54) is 6.20 Å². The maximum Gasteiger partial charge on any atom is 0.263 e. The molecule has 0 aromatic heterocycles. The van der Waals surface area contributed by atoms with Crippen molar-refractivity contribution in [2.45, 2.75) is 13.1 Å². The van der Waals surface area contributed by atoms with Crippen LogP contribution in [0, 0.1) is 11.3 Å². The summed E-state index contributed by atoms with van der Waals surface area (Å²) in [4.78, 5) is 14.4. The highest BCUT2D eigenvalue weighted by Gasteiger charge is 2.11. The Kier molecular flexibility index (Phi) is 7.92. The van der Waals surface area contributed by atoms with Crippen molar-refractivity contribution in [3.05, 3.63) is 47.2 Å². The van der Waals surface area contributed by atoms with Crippen molar-refractivity contribution < 1.29 is 4.79 Å². The van der Waals surface area contributed by atoms with Crippen molar-refractivity contribution in [1.82, 2.24) is 20.9 Å². The minimum atomic E-state index is -0.346. The minimum Gasteiger partial charge on any atom is -0.386 e. The van der Waals surface area contributed by atoms with Gasteiger partial charge in [-0.3, -0.25) is 9.69 Å². The number of carbonyl (C=O) groups excluding carboxylic acids is 1. The Bertz CT molecular complexity index is 631. The second-order valence-electron chi connectivity index (χ2n) is 5.92. The molecule has 1 fully saturated rings. The zero-order chi connectivity index (χ0) is 17.9. The van der Waals surface area contributed by atoms with Crippen molar-refractivity contribution in [2.24, 2.45) is 5.73 Å². The number of hydrogen-bond donors (Lipinski definition) is 4. The molecule has 5 N–H and O–H groups in total. The number of nitrogens with two attached hydrogens (primary N) is 1. The summed E-state index contributed by atoms with van der Waals surface area (Å²) < 4.78 is 0. The van der Waals surface area contributed by atoms with Gasteiger partial charge in [0.05, 0.1) is 0 Å². The molecule has 0 atom stereocenters. The summed E-state index contributed by atoms with van der Waals surface area (Å²) in [6, 6.07) is 9.82. The fourth-order valence-corrected chi connectivity index (χ4v) is 2.64. The molecular formula is C18H26N6O. The van der Waals surface area contributed by atoms with E-state index in [1.54, 1.807) is 0 Å². The highest BCUT2D eigenvalue weighted by Crippen LogP contribution is 2.04. The van der Waals surface area contributed by atoms with Gasteiger partial charge in [-0.15, -0.1) is 0 Å². The molecule has 7 nitrogen and oxygen atoms in total. The number of hydrogen-bond acceptors (Lipinski definition) is 6. The molecule has 0 bridgehead atoms. The number of nitrogens with zero attached hydrogens (tertiary/aromatic N) is 2. The maximum atomic E-state index is 12.1. The number of piperazine rings is 1. The first-order valence-corrected chi connectivity index (χ1v) is 8.55. The standard InChI is InChI=1S/C18H26N6O/c19-11-15-2-1-3-16(10-15)13-22-14-17(12-20)18(25)23-6-9-24-7-4-21-5-8-24/h1-3,10,14,21-22H,4-9,11,13,19H2,(H,23,25)/b17-14-. The highest BCUT2D eigenvalue weighted by atomic mass is 16.1. The molecular weight excluding hydrogens is 316 g/mol. The zero-order valence-electron chi connectivity index (χ0n) is 14.4. The maximum absolute atomic E-state index is 12.1. The van der Waals surface area contributed by atoms with E-state index in [-0.39, 0.29) is 11.5 Å². The van der Waals surface area contributed by atoms with Crippen LogP contribution in [0.5, 0.6) is 0 Å². The van der Waals surface area contributed by atoms with Gasteiger partial charge in [-0.05, 0) is 11.1 Å². The van der Waals surface area contributed by atoms with E-state index in [1.807, 2.05) is 30.3 Å². The Morgan fingerprint density at radius 1 is 1.36 bits per heavy atom. The van der Waals surface area contributed by atoms with E-state index < -0.39 is 0 Å². The van der Waals surface area contributed by atoms with Gasteiger partial charge in [0.1, 0.15) is 11.6 Å². The van der Waals surface area contributed by atoms with Crippen LogP contribution in [-0.2, 0) is 17.9 Å². The van der Waals surface area contributed by atoms with E-state index in [9.17, 15) is 4.79 Å². The van der Waals surface area contributed by atoms with Gasteiger partial charge in [-0.1, -0.05) is 24.3 Å². The summed E-state index contributed by atoms with van der Waals surface area (Å²) in [5.41, 5.74) is 7.80. The first-order chi connectivity index (χ1) is 12.2. The molecule has 0 aliphatic carbocycles. The average molecular weight is 342 g/mol. The first-order valence-electron chi connectivity index (χ1n) is 8.55. The molecule has 1 aliphatic rings. The Morgan fingerprint density at radius 2 is 2.12 bits per heavy atom. The third-order valence-corrected chi connectivity index (χ3v) is 4.07. The van der Waals surface area contributed by atoms with Crippen LogP contribution in [0.25, 0.3) is 0 Å². The molecule has 134 valence electrons. The van der Waals surface area contributed by atoms with Gasteiger partial charge in [0, 0.05) is 58.6 Å². The Balaban J connectivity index is 1.76. The average Bonchev–Trinajstić information content (AvgIpc) is 2.66. The smallest absolute Gasteiger partial charge is 0.263 e. The third-order valence-electron chi connectivity index (χ3n) is 4.07. The molecule has 0 spiro atoms. The topological polar surface area (TPSA) is 106 Å². The molecule has 1 aromatic carbocycles. The number of amides is 1. The molecule has 1 aromatic rings. The van der Waals surface area contributed by atoms with E-state index in [4.69, 9.17) is 11.0 Å². The summed E-state index contributed by atoms with van der Waals surface area (Å²) in [6.45, 7) is 6.29.